The smallest absolute Gasteiger partial charge is 0.164 e. The van der Waals surface area contributed by atoms with E-state index in [-0.39, 0.29) is 0 Å². The zero-order valence-corrected chi connectivity index (χ0v) is 20.6. The SMILES string of the molecule is Cc1noc(C)c1-c1ccc(-c2ccc(-c3nc(-c4ccccc4)nc(-c4ccccc4)n3)cc2)cc1. The van der Waals surface area contributed by atoms with Crippen LogP contribution in [0.3, 0.4) is 0 Å². The summed E-state index contributed by atoms with van der Waals surface area (Å²) in [5, 5.41) is 4.07. The van der Waals surface area contributed by atoms with Gasteiger partial charge in [0, 0.05) is 22.3 Å². The van der Waals surface area contributed by atoms with Crippen LogP contribution in [0.1, 0.15) is 11.5 Å². The Labute approximate surface area is 215 Å². The van der Waals surface area contributed by atoms with Gasteiger partial charge in [0.05, 0.1) is 5.69 Å². The van der Waals surface area contributed by atoms with Crippen molar-refractivity contribution in [2.45, 2.75) is 13.8 Å². The third kappa shape index (κ3) is 4.55. The Hall–Kier alpha value is -4.90. The molecule has 0 amide bonds. The van der Waals surface area contributed by atoms with Crippen molar-refractivity contribution in [3.63, 3.8) is 0 Å². The molecular weight excluding hydrogens is 456 g/mol. The summed E-state index contributed by atoms with van der Waals surface area (Å²) in [7, 11) is 0. The Kier molecular flexibility index (Phi) is 5.87. The number of nitrogens with zero attached hydrogens (tertiary/aromatic N) is 4. The third-order valence-corrected chi connectivity index (χ3v) is 6.38. The molecule has 178 valence electrons. The highest BCUT2D eigenvalue weighted by Crippen LogP contribution is 2.31. The van der Waals surface area contributed by atoms with Crippen LogP contribution >= 0.6 is 0 Å². The van der Waals surface area contributed by atoms with Crippen LogP contribution in [0.2, 0.25) is 0 Å². The summed E-state index contributed by atoms with van der Waals surface area (Å²) in [4.78, 5) is 14.4. The van der Waals surface area contributed by atoms with Crippen molar-refractivity contribution in [2.24, 2.45) is 0 Å². The minimum absolute atomic E-state index is 0.646. The molecule has 2 aromatic heterocycles. The molecule has 37 heavy (non-hydrogen) atoms. The molecule has 4 aromatic carbocycles. The summed E-state index contributed by atoms with van der Waals surface area (Å²) in [5.74, 6) is 2.79. The molecule has 0 saturated carbocycles. The molecule has 0 aliphatic heterocycles. The molecule has 0 radical (unpaired) electrons. The molecule has 0 fully saturated rings. The fraction of sp³-hybridized carbons (Fsp3) is 0.0625. The summed E-state index contributed by atoms with van der Waals surface area (Å²) in [5.41, 5.74) is 8.16. The van der Waals surface area contributed by atoms with Gasteiger partial charge in [0.2, 0.25) is 0 Å². The van der Waals surface area contributed by atoms with E-state index < -0.39 is 0 Å². The predicted molar refractivity (Wildman–Crippen MR) is 147 cm³/mol. The standard InChI is InChI=1S/C32H24N4O/c1-21-29(22(2)37-36-21)25-17-13-23(14-18-25)24-15-19-28(20-16-24)32-34-30(26-9-5-3-6-10-26)33-31(35-32)27-11-7-4-8-12-27/h3-20H,1-2H3. The number of aryl methyl sites for hydroxylation is 2. The molecule has 6 rings (SSSR count). The van der Waals surface area contributed by atoms with E-state index in [4.69, 9.17) is 19.5 Å². The van der Waals surface area contributed by atoms with Crippen LogP contribution in [0.5, 0.6) is 0 Å². The monoisotopic (exact) mass is 480 g/mol. The maximum Gasteiger partial charge on any atom is 0.164 e. The van der Waals surface area contributed by atoms with Crippen LogP contribution in [-0.2, 0) is 0 Å². The first kappa shape index (κ1) is 22.6. The number of benzene rings is 4. The molecule has 0 saturated heterocycles. The van der Waals surface area contributed by atoms with Crippen molar-refractivity contribution in [1.29, 1.82) is 0 Å². The molecule has 2 heterocycles. The summed E-state index contributed by atoms with van der Waals surface area (Å²) >= 11 is 0. The molecule has 5 nitrogen and oxygen atoms in total. The lowest BCUT2D eigenvalue weighted by Gasteiger charge is -2.09. The zero-order chi connectivity index (χ0) is 25.2. The van der Waals surface area contributed by atoms with E-state index in [9.17, 15) is 0 Å². The fourth-order valence-electron chi connectivity index (χ4n) is 4.47. The van der Waals surface area contributed by atoms with Gasteiger partial charge in [-0.1, -0.05) is 114 Å². The Balaban J connectivity index is 1.35. The van der Waals surface area contributed by atoms with Gasteiger partial charge in [0.1, 0.15) is 5.76 Å². The first-order valence-electron chi connectivity index (χ1n) is 12.2. The minimum Gasteiger partial charge on any atom is -0.361 e. The maximum absolute atomic E-state index is 5.33. The number of hydrogen-bond donors (Lipinski definition) is 0. The highest BCUT2D eigenvalue weighted by Gasteiger charge is 2.13. The van der Waals surface area contributed by atoms with Gasteiger partial charge in [-0.15, -0.1) is 0 Å². The number of aromatic nitrogens is 4. The molecular formula is C32H24N4O. The summed E-state index contributed by atoms with van der Waals surface area (Å²) in [6, 6.07) is 36.8. The van der Waals surface area contributed by atoms with Gasteiger partial charge in [-0.3, -0.25) is 0 Å². The largest absolute Gasteiger partial charge is 0.361 e. The van der Waals surface area contributed by atoms with Gasteiger partial charge in [-0.2, -0.15) is 0 Å². The number of hydrogen-bond acceptors (Lipinski definition) is 5. The summed E-state index contributed by atoms with van der Waals surface area (Å²) < 4.78 is 5.33. The quantitative estimate of drug-likeness (QED) is 0.252. The first-order chi connectivity index (χ1) is 18.2. The Morgan fingerprint density at radius 2 is 0.811 bits per heavy atom. The number of rotatable bonds is 5. The van der Waals surface area contributed by atoms with Crippen molar-refractivity contribution in [1.82, 2.24) is 20.1 Å². The first-order valence-corrected chi connectivity index (χ1v) is 12.2. The predicted octanol–water partition coefficient (Wildman–Crippen LogP) is 7.81. The molecule has 0 bridgehead atoms. The van der Waals surface area contributed by atoms with Crippen LogP contribution in [-0.4, -0.2) is 20.1 Å². The fourth-order valence-corrected chi connectivity index (χ4v) is 4.47. The van der Waals surface area contributed by atoms with Crippen LogP contribution in [0, 0.1) is 13.8 Å². The molecule has 0 unspecified atom stereocenters. The van der Waals surface area contributed by atoms with E-state index >= 15 is 0 Å². The lowest BCUT2D eigenvalue weighted by molar-refractivity contribution is 0.393. The normalized spacial score (nSPS) is 11.0. The van der Waals surface area contributed by atoms with Gasteiger partial charge in [0.25, 0.3) is 0 Å². The molecule has 0 aliphatic rings. The lowest BCUT2D eigenvalue weighted by atomic mass is 9.99. The van der Waals surface area contributed by atoms with Crippen LogP contribution in [0.4, 0.5) is 0 Å². The van der Waals surface area contributed by atoms with Crippen LogP contribution in [0.15, 0.2) is 114 Å². The second-order valence-corrected chi connectivity index (χ2v) is 8.89. The van der Waals surface area contributed by atoms with Gasteiger partial charge >= 0.3 is 0 Å². The maximum atomic E-state index is 5.33. The highest BCUT2D eigenvalue weighted by atomic mass is 16.5. The molecule has 6 aromatic rings. The van der Waals surface area contributed by atoms with E-state index in [0.717, 1.165) is 50.4 Å². The summed E-state index contributed by atoms with van der Waals surface area (Å²) in [6.45, 7) is 3.90. The van der Waals surface area contributed by atoms with Gasteiger partial charge in [-0.05, 0) is 30.5 Å². The second-order valence-electron chi connectivity index (χ2n) is 8.89. The van der Waals surface area contributed by atoms with Crippen LogP contribution in [0.25, 0.3) is 56.4 Å². The molecule has 0 N–H and O–H groups in total. The van der Waals surface area contributed by atoms with Gasteiger partial charge < -0.3 is 4.52 Å². The third-order valence-electron chi connectivity index (χ3n) is 6.38. The molecule has 0 spiro atoms. The minimum atomic E-state index is 0.646. The Morgan fingerprint density at radius 3 is 1.22 bits per heavy atom. The van der Waals surface area contributed by atoms with E-state index in [2.05, 4.69) is 53.7 Å². The lowest BCUT2D eigenvalue weighted by Crippen LogP contribution is -2.00. The van der Waals surface area contributed by atoms with Crippen LogP contribution < -0.4 is 0 Å². The average molecular weight is 481 g/mol. The van der Waals surface area contributed by atoms with Gasteiger partial charge in [-0.25, -0.2) is 15.0 Å². The topological polar surface area (TPSA) is 64.7 Å². The van der Waals surface area contributed by atoms with Crippen molar-refractivity contribution in [2.75, 3.05) is 0 Å². The highest BCUT2D eigenvalue weighted by molar-refractivity contribution is 5.74. The van der Waals surface area contributed by atoms with Crippen molar-refractivity contribution >= 4 is 0 Å². The van der Waals surface area contributed by atoms with Crippen molar-refractivity contribution < 1.29 is 4.52 Å². The molecule has 0 atom stereocenters. The van der Waals surface area contributed by atoms with E-state index in [1.54, 1.807) is 0 Å². The van der Waals surface area contributed by atoms with Crippen molar-refractivity contribution in [3.8, 4) is 56.4 Å². The zero-order valence-electron chi connectivity index (χ0n) is 20.6. The van der Waals surface area contributed by atoms with E-state index in [1.165, 1.54) is 0 Å². The second kappa shape index (κ2) is 9.63. The summed E-state index contributed by atoms with van der Waals surface area (Å²) in [6.07, 6.45) is 0. The Bertz CT molecular complexity index is 1580. The van der Waals surface area contributed by atoms with E-state index in [1.807, 2.05) is 74.5 Å². The molecule has 0 aliphatic carbocycles. The average Bonchev–Trinajstić information content (AvgIpc) is 3.31. The van der Waals surface area contributed by atoms with Gasteiger partial charge in [0.15, 0.2) is 17.5 Å². The Morgan fingerprint density at radius 1 is 0.432 bits per heavy atom. The van der Waals surface area contributed by atoms with E-state index in [0.29, 0.717) is 17.5 Å². The molecule has 5 heteroatoms. The van der Waals surface area contributed by atoms with Crippen molar-refractivity contribution in [3.05, 3.63) is 121 Å².